The molecule has 1 heterocycles. The van der Waals surface area contributed by atoms with Crippen LogP contribution in [0.25, 0.3) is 0 Å². The molecule has 0 fully saturated rings. The van der Waals surface area contributed by atoms with Crippen molar-refractivity contribution in [1.82, 2.24) is 15.6 Å². The maximum absolute atomic E-state index is 5.47. The Morgan fingerprint density at radius 2 is 2.00 bits per heavy atom. The van der Waals surface area contributed by atoms with Crippen LogP contribution in [0.2, 0.25) is 0 Å². The van der Waals surface area contributed by atoms with E-state index < -0.39 is 0 Å². The van der Waals surface area contributed by atoms with E-state index in [4.69, 9.17) is 4.74 Å². The third-order valence-electron chi connectivity index (χ3n) is 4.58. The number of guanidine groups is 1. The summed E-state index contributed by atoms with van der Waals surface area (Å²) in [6.07, 6.45) is 1.85. The number of aromatic nitrogens is 1. The lowest BCUT2D eigenvalue weighted by Gasteiger charge is -2.18. The Labute approximate surface area is 156 Å². The zero-order chi connectivity index (χ0) is 19.1. The fourth-order valence-electron chi connectivity index (χ4n) is 2.98. The Balaban J connectivity index is 1.94. The average molecular weight is 354 g/mol. The van der Waals surface area contributed by atoms with Crippen LogP contribution >= 0.6 is 0 Å². The Morgan fingerprint density at radius 3 is 2.65 bits per heavy atom. The minimum atomic E-state index is 0.396. The van der Waals surface area contributed by atoms with Gasteiger partial charge in [0, 0.05) is 30.9 Å². The largest absolute Gasteiger partial charge is 0.496 e. The van der Waals surface area contributed by atoms with Crippen molar-refractivity contribution in [2.45, 2.75) is 40.2 Å². The Bertz CT molecular complexity index is 771. The number of aryl methyl sites for hydroxylation is 2. The lowest BCUT2D eigenvalue weighted by molar-refractivity contribution is 0.406. The molecule has 2 rings (SSSR count). The van der Waals surface area contributed by atoms with Gasteiger partial charge in [0.05, 0.1) is 19.3 Å². The van der Waals surface area contributed by atoms with Crippen molar-refractivity contribution >= 4 is 5.96 Å². The number of hydrogen-bond donors (Lipinski definition) is 2. The van der Waals surface area contributed by atoms with Crippen molar-refractivity contribution in [3.8, 4) is 5.75 Å². The summed E-state index contributed by atoms with van der Waals surface area (Å²) in [5, 5.41) is 6.73. The molecule has 0 aliphatic carbocycles. The predicted octanol–water partition coefficient (Wildman–Crippen LogP) is 3.48. The number of hydrogen-bond acceptors (Lipinski definition) is 3. The van der Waals surface area contributed by atoms with Crippen molar-refractivity contribution in [3.63, 3.8) is 0 Å². The van der Waals surface area contributed by atoms with Crippen LogP contribution in [-0.2, 0) is 6.54 Å². The molecule has 140 valence electrons. The van der Waals surface area contributed by atoms with Crippen LogP contribution in [-0.4, -0.2) is 31.6 Å². The van der Waals surface area contributed by atoms with Crippen molar-refractivity contribution in [3.05, 3.63) is 58.4 Å². The highest BCUT2D eigenvalue weighted by Crippen LogP contribution is 2.23. The molecule has 0 saturated carbocycles. The number of nitrogens with zero attached hydrogens (tertiary/aromatic N) is 2. The molecule has 1 aromatic heterocycles. The van der Waals surface area contributed by atoms with Gasteiger partial charge < -0.3 is 15.4 Å². The van der Waals surface area contributed by atoms with Gasteiger partial charge in [0.1, 0.15) is 5.75 Å². The standard InChI is InChI=1S/C21H30N4O/c1-14-8-7-9-18(10-14)15(2)11-24-21(22-5)25-13-19-17(4)20(26-6)16(3)12-23-19/h7-10,12,15H,11,13H2,1-6H3,(H2,22,24,25). The number of benzene rings is 1. The smallest absolute Gasteiger partial charge is 0.191 e. The Kier molecular flexibility index (Phi) is 7.01. The van der Waals surface area contributed by atoms with Crippen LogP contribution < -0.4 is 15.4 Å². The molecule has 5 heteroatoms. The van der Waals surface area contributed by atoms with Crippen molar-refractivity contribution in [2.75, 3.05) is 20.7 Å². The molecule has 0 bridgehead atoms. The highest BCUT2D eigenvalue weighted by atomic mass is 16.5. The number of nitrogens with one attached hydrogen (secondary N) is 2. The quantitative estimate of drug-likeness (QED) is 0.616. The van der Waals surface area contributed by atoms with Crippen LogP contribution in [0.1, 0.15) is 40.8 Å². The molecule has 5 nitrogen and oxygen atoms in total. The second kappa shape index (κ2) is 9.22. The van der Waals surface area contributed by atoms with Crippen LogP contribution in [0.3, 0.4) is 0 Å². The van der Waals surface area contributed by atoms with Gasteiger partial charge in [-0.3, -0.25) is 9.98 Å². The van der Waals surface area contributed by atoms with E-state index in [9.17, 15) is 0 Å². The van der Waals surface area contributed by atoms with Crippen molar-refractivity contribution in [1.29, 1.82) is 0 Å². The van der Waals surface area contributed by atoms with Crippen molar-refractivity contribution in [2.24, 2.45) is 4.99 Å². The number of rotatable bonds is 6. The summed E-state index contributed by atoms with van der Waals surface area (Å²) in [5.74, 6) is 2.06. The third kappa shape index (κ3) is 4.97. The highest BCUT2D eigenvalue weighted by Gasteiger charge is 2.11. The van der Waals surface area contributed by atoms with Crippen molar-refractivity contribution < 1.29 is 4.74 Å². The molecule has 0 aliphatic rings. The summed E-state index contributed by atoms with van der Waals surface area (Å²) < 4.78 is 5.47. The van der Waals surface area contributed by atoms with E-state index in [2.05, 4.69) is 58.7 Å². The van der Waals surface area contributed by atoms with Gasteiger partial charge in [0.25, 0.3) is 0 Å². The normalized spacial score (nSPS) is 12.6. The number of methoxy groups -OCH3 is 1. The summed E-state index contributed by atoms with van der Waals surface area (Å²) in [5.41, 5.74) is 5.68. The van der Waals surface area contributed by atoms with Gasteiger partial charge in [-0.2, -0.15) is 0 Å². The molecule has 0 amide bonds. The Hall–Kier alpha value is -2.56. The number of aliphatic imine (C=N–C) groups is 1. The molecule has 2 aromatic rings. The van der Waals surface area contributed by atoms with Gasteiger partial charge in [-0.1, -0.05) is 36.8 Å². The molecular formula is C21H30N4O. The minimum absolute atomic E-state index is 0.396. The minimum Gasteiger partial charge on any atom is -0.496 e. The monoisotopic (exact) mass is 354 g/mol. The Morgan fingerprint density at radius 1 is 1.23 bits per heavy atom. The summed E-state index contributed by atoms with van der Waals surface area (Å²) in [6.45, 7) is 9.78. The molecule has 1 aromatic carbocycles. The second-order valence-electron chi connectivity index (χ2n) is 6.67. The number of pyridine rings is 1. The van der Waals surface area contributed by atoms with Crippen LogP contribution in [0, 0.1) is 20.8 Å². The van der Waals surface area contributed by atoms with E-state index in [0.29, 0.717) is 12.5 Å². The van der Waals surface area contributed by atoms with E-state index in [1.807, 2.05) is 20.0 Å². The summed E-state index contributed by atoms with van der Waals surface area (Å²) >= 11 is 0. The van der Waals surface area contributed by atoms with E-state index in [1.165, 1.54) is 11.1 Å². The number of ether oxygens (including phenoxy) is 1. The third-order valence-corrected chi connectivity index (χ3v) is 4.58. The summed E-state index contributed by atoms with van der Waals surface area (Å²) in [7, 11) is 3.47. The van der Waals surface area contributed by atoms with Crippen LogP contribution in [0.5, 0.6) is 5.75 Å². The maximum Gasteiger partial charge on any atom is 0.191 e. The van der Waals surface area contributed by atoms with Gasteiger partial charge in [-0.25, -0.2) is 0 Å². The summed E-state index contributed by atoms with van der Waals surface area (Å²) in [6, 6.07) is 8.62. The van der Waals surface area contributed by atoms with Gasteiger partial charge >= 0.3 is 0 Å². The predicted molar refractivity (Wildman–Crippen MR) is 108 cm³/mol. The van der Waals surface area contributed by atoms with Gasteiger partial charge in [-0.15, -0.1) is 0 Å². The topological polar surface area (TPSA) is 58.5 Å². The molecule has 0 spiro atoms. The maximum atomic E-state index is 5.47. The fourth-order valence-corrected chi connectivity index (χ4v) is 2.98. The molecular weight excluding hydrogens is 324 g/mol. The van der Waals surface area contributed by atoms with Gasteiger partial charge in [-0.05, 0) is 32.3 Å². The van der Waals surface area contributed by atoms with Crippen LogP contribution in [0.4, 0.5) is 0 Å². The lowest BCUT2D eigenvalue weighted by Crippen LogP contribution is -2.38. The SMILES string of the molecule is CN=C(NCc1ncc(C)c(OC)c1C)NCC(C)c1cccc(C)c1. The highest BCUT2D eigenvalue weighted by molar-refractivity contribution is 5.79. The zero-order valence-corrected chi connectivity index (χ0v) is 16.7. The first-order valence-electron chi connectivity index (χ1n) is 8.96. The van der Waals surface area contributed by atoms with E-state index in [0.717, 1.165) is 35.1 Å². The zero-order valence-electron chi connectivity index (χ0n) is 16.7. The van der Waals surface area contributed by atoms with Gasteiger partial charge in [0.2, 0.25) is 0 Å². The molecule has 0 saturated heterocycles. The second-order valence-corrected chi connectivity index (χ2v) is 6.67. The molecule has 2 N–H and O–H groups in total. The average Bonchev–Trinajstić information content (AvgIpc) is 2.63. The van der Waals surface area contributed by atoms with Gasteiger partial charge in [0.15, 0.2) is 5.96 Å². The first-order valence-corrected chi connectivity index (χ1v) is 8.96. The van der Waals surface area contributed by atoms with Crippen LogP contribution in [0.15, 0.2) is 35.5 Å². The molecule has 1 unspecified atom stereocenters. The lowest BCUT2D eigenvalue weighted by atomic mass is 9.99. The van der Waals surface area contributed by atoms with E-state index in [1.54, 1.807) is 14.2 Å². The molecule has 26 heavy (non-hydrogen) atoms. The first-order chi connectivity index (χ1) is 12.5. The summed E-state index contributed by atoms with van der Waals surface area (Å²) in [4.78, 5) is 8.83. The molecule has 0 aliphatic heterocycles. The van der Waals surface area contributed by atoms with E-state index >= 15 is 0 Å². The molecule has 0 radical (unpaired) electrons. The fraction of sp³-hybridized carbons (Fsp3) is 0.429. The first kappa shape index (κ1) is 19.8. The molecule has 1 atom stereocenters. The van der Waals surface area contributed by atoms with E-state index in [-0.39, 0.29) is 0 Å².